The fourth-order valence-corrected chi connectivity index (χ4v) is 2.63. The van der Waals surface area contributed by atoms with Gasteiger partial charge in [0.2, 0.25) is 0 Å². The van der Waals surface area contributed by atoms with Crippen LogP contribution in [0.25, 0.3) is 0 Å². The Morgan fingerprint density at radius 3 is 2.29 bits per heavy atom. The first kappa shape index (κ1) is 21.4. The summed E-state index contributed by atoms with van der Waals surface area (Å²) in [5.74, 6) is -3.33. The molecule has 0 fully saturated rings. The first-order valence-corrected chi connectivity index (χ1v) is 8.94. The Labute approximate surface area is 163 Å². The summed E-state index contributed by atoms with van der Waals surface area (Å²) in [7, 11) is 0. The van der Waals surface area contributed by atoms with E-state index < -0.39 is 46.7 Å². The van der Waals surface area contributed by atoms with Crippen molar-refractivity contribution in [2.24, 2.45) is 5.92 Å². The van der Waals surface area contributed by atoms with Crippen LogP contribution in [-0.2, 0) is 9.53 Å². The molecule has 3 N–H and O–H groups in total. The molecule has 1 aliphatic rings. The second-order valence-corrected chi connectivity index (χ2v) is 7.33. The van der Waals surface area contributed by atoms with Gasteiger partial charge in [-0.2, -0.15) is 0 Å². The zero-order valence-corrected chi connectivity index (χ0v) is 16.2. The minimum atomic E-state index is -1.25. The van der Waals surface area contributed by atoms with E-state index in [4.69, 9.17) is 4.74 Å². The molecule has 0 bridgehead atoms. The third-order valence-electron chi connectivity index (χ3n) is 4.43. The van der Waals surface area contributed by atoms with Crippen molar-refractivity contribution in [3.8, 4) is 11.5 Å². The Morgan fingerprint density at radius 2 is 1.75 bits per heavy atom. The van der Waals surface area contributed by atoms with Crippen LogP contribution in [0.5, 0.6) is 11.5 Å². The molecule has 0 spiro atoms. The van der Waals surface area contributed by atoms with Crippen molar-refractivity contribution < 1.29 is 34.4 Å². The monoisotopic (exact) mass is 388 g/mol. The summed E-state index contributed by atoms with van der Waals surface area (Å²) < 4.78 is 5.42. The number of Topliss-reactive ketones (excluding diaryl/α,β-unsaturated/α-hetero) is 1. The SMILES string of the molecule is CCC(C)C(=O)OC(/C=C/C(C)(C)O)C1=CC(=O)c2c(O)ccc(O)c2C1=O. The van der Waals surface area contributed by atoms with Crippen LogP contribution in [0.15, 0.2) is 35.9 Å². The van der Waals surface area contributed by atoms with Crippen LogP contribution in [0.3, 0.4) is 0 Å². The quantitative estimate of drug-likeness (QED) is 0.389. The molecule has 7 nitrogen and oxygen atoms in total. The summed E-state index contributed by atoms with van der Waals surface area (Å²) in [5, 5.41) is 29.9. The minimum Gasteiger partial charge on any atom is -0.507 e. The molecular weight excluding hydrogens is 364 g/mol. The number of aliphatic hydroxyl groups is 1. The molecule has 0 saturated carbocycles. The van der Waals surface area contributed by atoms with Gasteiger partial charge in [-0.05, 0) is 44.6 Å². The molecule has 2 atom stereocenters. The van der Waals surface area contributed by atoms with Crippen LogP contribution in [0, 0.1) is 5.92 Å². The fraction of sp³-hybridized carbons (Fsp3) is 0.381. The van der Waals surface area contributed by atoms with Crippen LogP contribution in [0.2, 0.25) is 0 Å². The van der Waals surface area contributed by atoms with Crippen molar-refractivity contribution >= 4 is 17.5 Å². The van der Waals surface area contributed by atoms with E-state index in [0.29, 0.717) is 6.42 Å². The maximum Gasteiger partial charge on any atom is 0.309 e. The van der Waals surface area contributed by atoms with Gasteiger partial charge in [0.1, 0.15) is 17.6 Å². The number of esters is 1. The van der Waals surface area contributed by atoms with Crippen molar-refractivity contribution in [1.82, 2.24) is 0 Å². The zero-order valence-electron chi connectivity index (χ0n) is 16.2. The first-order chi connectivity index (χ1) is 13.0. The molecule has 1 aromatic rings. The summed E-state index contributed by atoms with van der Waals surface area (Å²) >= 11 is 0. The number of ether oxygens (including phenoxy) is 1. The fourth-order valence-electron chi connectivity index (χ4n) is 2.63. The smallest absolute Gasteiger partial charge is 0.309 e. The van der Waals surface area contributed by atoms with Gasteiger partial charge in [0, 0.05) is 5.57 Å². The van der Waals surface area contributed by atoms with E-state index >= 15 is 0 Å². The summed E-state index contributed by atoms with van der Waals surface area (Å²) in [6, 6.07) is 2.22. The third kappa shape index (κ3) is 4.48. The number of fused-ring (bicyclic) bond motifs is 1. The Morgan fingerprint density at radius 1 is 1.18 bits per heavy atom. The molecule has 7 heteroatoms. The van der Waals surface area contributed by atoms with Crippen LogP contribution >= 0.6 is 0 Å². The average molecular weight is 388 g/mol. The molecule has 2 rings (SSSR count). The van der Waals surface area contributed by atoms with Gasteiger partial charge in [0.15, 0.2) is 11.6 Å². The highest BCUT2D eigenvalue weighted by atomic mass is 16.5. The number of hydrogen-bond acceptors (Lipinski definition) is 7. The average Bonchev–Trinajstić information content (AvgIpc) is 2.61. The second-order valence-electron chi connectivity index (χ2n) is 7.33. The Kier molecular flexibility index (Phi) is 6.09. The molecular formula is C21H24O7. The van der Waals surface area contributed by atoms with Crippen molar-refractivity contribution in [3.05, 3.63) is 47.1 Å². The number of carbonyl (C=O) groups excluding carboxylic acids is 3. The third-order valence-corrected chi connectivity index (χ3v) is 4.43. The number of phenols is 2. The zero-order chi connectivity index (χ0) is 21.2. The topological polar surface area (TPSA) is 121 Å². The molecule has 0 radical (unpaired) electrons. The van der Waals surface area contributed by atoms with Crippen LogP contribution < -0.4 is 0 Å². The van der Waals surface area contributed by atoms with Gasteiger partial charge in [-0.3, -0.25) is 14.4 Å². The number of hydrogen-bond donors (Lipinski definition) is 3. The van der Waals surface area contributed by atoms with Crippen LogP contribution in [0.4, 0.5) is 0 Å². The van der Waals surface area contributed by atoms with Crippen molar-refractivity contribution in [3.63, 3.8) is 0 Å². The molecule has 2 unspecified atom stereocenters. The molecule has 1 aromatic carbocycles. The number of ketones is 2. The van der Waals surface area contributed by atoms with E-state index in [0.717, 1.165) is 18.2 Å². The van der Waals surface area contributed by atoms with Gasteiger partial charge in [-0.15, -0.1) is 0 Å². The molecule has 0 saturated heterocycles. The van der Waals surface area contributed by atoms with Gasteiger partial charge >= 0.3 is 5.97 Å². The van der Waals surface area contributed by atoms with Gasteiger partial charge < -0.3 is 20.1 Å². The second kappa shape index (κ2) is 7.98. The van der Waals surface area contributed by atoms with Gasteiger partial charge in [-0.1, -0.05) is 19.9 Å². The molecule has 1 aliphatic carbocycles. The Bertz CT molecular complexity index is 871. The highest BCUT2D eigenvalue weighted by molar-refractivity contribution is 6.27. The highest BCUT2D eigenvalue weighted by Gasteiger charge is 2.35. The molecule has 0 aromatic heterocycles. The number of carbonyl (C=O) groups is 3. The Hall–Kier alpha value is -2.93. The number of allylic oxidation sites excluding steroid dienone is 1. The molecule has 150 valence electrons. The normalized spacial score (nSPS) is 16.5. The lowest BCUT2D eigenvalue weighted by Crippen LogP contribution is -2.30. The van der Waals surface area contributed by atoms with Gasteiger partial charge in [-0.25, -0.2) is 0 Å². The van der Waals surface area contributed by atoms with Crippen molar-refractivity contribution in [2.45, 2.75) is 45.8 Å². The van der Waals surface area contributed by atoms with Crippen LogP contribution in [0.1, 0.15) is 54.8 Å². The Balaban J connectivity index is 2.52. The maximum absolute atomic E-state index is 12.9. The maximum atomic E-state index is 12.9. The number of phenolic OH excluding ortho intramolecular Hbond substituents is 2. The number of benzene rings is 1. The van der Waals surface area contributed by atoms with E-state index in [9.17, 15) is 29.7 Å². The minimum absolute atomic E-state index is 0.171. The summed E-state index contributed by atoms with van der Waals surface area (Å²) in [6.07, 6.45) is 2.93. The number of rotatable bonds is 6. The van der Waals surface area contributed by atoms with E-state index in [-0.39, 0.29) is 16.7 Å². The van der Waals surface area contributed by atoms with Gasteiger partial charge in [0.25, 0.3) is 0 Å². The summed E-state index contributed by atoms with van der Waals surface area (Å²) in [5.41, 5.74) is -2.06. The lowest BCUT2D eigenvalue weighted by atomic mass is 9.85. The molecule has 0 heterocycles. The largest absolute Gasteiger partial charge is 0.507 e. The van der Waals surface area contributed by atoms with E-state index in [1.807, 2.05) is 0 Å². The first-order valence-electron chi connectivity index (χ1n) is 8.94. The van der Waals surface area contributed by atoms with Crippen molar-refractivity contribution in [2.75, 3.05) is 0 Å². The summed E-state index contributed by atoms with van der Waals surface area (Å²) in [6.45, 7) is 6.47. The standard InChI is InChI=1S/C21H24O7/c1-5-11(2)20(26)28-16(8-9-21(3,4)27)12-10-15(24)17-13(22)6-7-14(23)18(17)19(12)25/h6-11,16,22-23,27H,5H2,1-4H3/b9-8+. The van der Waals surface area contributed by atoms with Crippen LogP contribution in [-0.4, -0.2) is 44.6 Å². The molecule has 0 aliphatic heterocycles. The molecule has 0 amide bonds. The lowest BCUT2D eigenvalue weighted by molar-refractivity contribution is -0.149. The van der Waals surface area contributed by atoms with E-state index in [1.165, 1.54) is 26.0 Å². The number of aromatic hydroxyl groups is 2. The highest BCUT2D eigenvalue weighted by Crippen LogP contribution is 2.36. The van der Waals surface area contributed by atoms with E-state index in [1.54, 1.807) is 13.8 Å². The summed E-state index contributed by atoms with van der Waals surface area (Å²) in [4.78, 5) is 37.7. The predicted octanol–water partition coefficient (Wildman–Crippen LogP) is 2.69. The predicted molar refractivity (Wildman–Crippen MR) is 101 cm³/mol. The van der Waals surface area contributed by atoms with E-state index in [2.05, 4.69) is 0 Å². The molecule has 28 heavy (non-hydrogen) atoms. The lowest BCUT2D eigenvalue weighted by Gasteiger charge is -2.24. The van der Waals surface area contributed by atoms with Gasteiger partial charge in [0.05, 0.1) is 22.6 Å². The van der Waals surface area contributed by atoms with Crippen molar-refractivity contribution in [1.29, 1.82) is 0 Å².